The van der Waals surface area contributed by atoms with Crippen molar-refractivity contribution < 1.29 is 23.3 Å². The fraction of sp³-hybridized carbons (Fsp3) is 0.222. The molecule has 0 unspecified atom stereocenters. The number of rotatable bonds is 5. The molecular formula is C18H15N3O5. The normalized spacial score (nSPS) is 14.4. The predicted molar refractivity (Wildman–Crippen MR) is 89.5 cm³/mol. The zero-order valence-corrected chi connectivity index (χ0v) is 13.7. The van der Waals surface area contributed by atoms with Gasteiger partial charge in [0, 0.05) is 24.3 Å². The summed E-state index contributed by atoms with van der Waals surface area (Å²) in [5.41, 5.74) is 1.25. The lowest BCUT2D eigenvalue weighted by Gasteiger charge is -2.12. The molecule has 2 aromatic heterocycles. The van der Waals surface area contributed by atoms with Crippen LogP contribution in [0.3, 0.4) is 0 Å². The highest BCUT2D eigenvalue weighted by atomic mass is 16.5. The summed E-state index contributed by atoms with van der Waals surface area (Å²) in [6, 6.07) is 11.1. The van der Waals surface area contributed by atoms with Gasteiger partial charge in [0.05, 0.1) is 6.54 Å². The SMILES string of the molecule is O=C(CN1C(=O)CCC1=O)NCc1cc(-c2cc3ccccc3o2)on1. The molecule has 0 bridgehead atoms. The maximum absolute atomic E-state index is 11.9. The minimum atomic E-state index is -0.429. The molecule has 1 saturated heterocycles. The van der Waals surface area contributed by atoms with E-state index in [0.29, 0.717) is 17.2 Å². The molecule has 0 atom stereocenters. The van der Waals surface area contributed by atoms with Gasteiger partial charge in [0.1, 0.15) is 17.8 Å². The van der Waals surface area contributed by atoms with Crippen LogP contribution < -0.4 is 5.32 Å². The molecule has 1 aliphatic heterocycles. The molecule has 3 heterocycles. The molecule has 8 heteroatoms. The van der Waals surface area contributed by atoms with Crippen LogP contribution in [0.25, 0.3) is 22.5 Å². The van der Waals surface area contributed by atoms with E-state index in [4.69, 9.17) is 8.94 Å². The number of hydrogen-bond acceptors (Lipinski definition) is 6. The second kappa shape index (κ2) is 6.47. The predicted octanol–water partition coefficient (Wildman–Crippen LogP) is 1.85. The van der Waals surface area contributed by atoms with Crippen LogP contribution in [0.2, 0.25) is 0 Å². The van der Waals surface area contributed by atoms with Crippen LogP contribution in [0.15, 0.2) is 45.3 Å². The first-order valence-electron chi connectivity index (χ1n) is 8.14. The Morgan fingerprint density at radius 3 is 2.65 bits per heavy atom. The van der Waals surface area contributed by atoms with E-state index in [1.807, 2.05) is 30.3 Å². The average Bonchev–Trinajstić information content (AvgIpc) is 3.34. The summed E-state index contributed by atoms with van der Waals surface area (Å²) in [5, 5.41) is 7.47. The highest BCUT2D eigenvalue weighted by Crippen LogP contribution is 2.28. The molecule has 0 radical (unpaired) electrons. The maximum atomic E-state index is 11.9. The number of benzene rings is 1. The number of imide groups is 1. The number of carbonyl (C=O) groups excluding carboxylic acids is 3. The Hall–Kier alpha value is -3.42. The third-order valence-electron chi connectivity index (χ3n) is 4.15. The lowest BCUT2D eigenvalue weighted by Crippen LogP contribution is -2.39. The zero-order chi connectivity index (χ0) is 18.1. The lowest BCUT2D eigenvalue weighted by atomic mass is 10.2. The Morgan fingerprint density at radius 2 is 1.88 bits per heavy atom. The monoisotopic (exact) mass is 353 g/mol. The first-order chi connectivity index (χ1) is 12.6. The summed E-state index contributed by atoms with van der Waals surface area (Å²) < 4.78 is 11.0. The number of amides is 3. The fourth-order valence-electron chi connectivity index (χ4n) is 2.80. The molecule has 3 aromatic rings. The fourth-order valence-corrected chi connectivity index (χ4v) is 2.80. The first kappa shape index (κ1) is 16.1. The van der Waals surface area contributed by atoms with Gasteiger partial charge in [-0.15, -0.1) is 0 Å². The lowest BCUT2D eigenvalue weighted by molar-refractivity contribution is -0.142. The van der Waals surface area contributed by atoms with Crippen LogP contribution in [-0.2, 0) is 20.9 Å². The van der Waals surface area contributed by atoms with Gasteiger partial charge in [0.2, 0.25) is 23.5 Å². The van der Waals surface area contributed by atoms with Crippen LogP contribution in [0.1, 0.15) is 18.5 Å². The van der Waals surface area contributed by atoms with E-state index in [0.717, 1.165) is 15.9 Å². The van der Waals surface area contributed by atoms with Crippen LogP contribution in [0, 0.1) is 0 Å². The molecule has 0 saturated carbocycles. The summed E-state index contributed by atoms with van der Waals surface area (Å²) >= 11 is 0. The number of aromatic nitrogens is 1. The number of carbonyl (C=O) groups is 3. The number of likely N-dealkylation sites (tertiary alicyclic amines) is 1. The number of nitrogens with zero attached hydrogens (tertiary/aromatic N) is 2. The average molecular weight is 353 g/mol. The number of hydrogen-bond donors (Lipinski definition) is 1. The Kier molecular flexibility index (Phi) is 4.00. The molecule has 3 amide bonds. The molecule has 1 aromatic carbocycles. The highest BCUT2D eigenvalue weighted by molar-refractivity contribution is 6.04. The van der Waals surface area contributed by atoms with E-state index in [1.54, 1.807) is 6.07 Å². The second-order valence-electron chi connectivity index (χ2n) is 5.98. The van der Waals surface area contributed by atoms with Crippen molar-refractivity contribution in [3.05, 3.63) is 42.1 Å². The van der Waals surface area contributed by atoms with Crippen LogP contribution in [0.5, 0.6) is 0 Å². The van der Waals surface area contributed by atoms with Gasteiger partial charge in [0.25, 0.3) is 0 Å². The number of para-hydroxylation sites is 1. The summed E-state index contributed by atoms with van der Waals surface area (Å²) in [5.74, 6) is -0.0701. The van der Waals surface area contributed by atoms with Crippen molar-refractivity contribution in [1.82, 2.24) is 15.4 Å². The largest absolute Gasteiger partial charge is 0.453 e. The van der Waals surface area contributed by atoms with Gasteiger partial charge < -0.3 is 14.3 Å². The summed E-state index contributed by atoms with van der Waals surface area (Å²) in [7, 11) is 0. The van der Waals surface area contributed by atoms with Gasteiger partial charge in [-0.05, 0) is 12.1 Å². The third kappa shape index (κ3) is 3.08. The van der Waals surface area contributed by atoms with E-state index in [-0.39, 0.29) is 37.7 Å². The molecule has 0 aliphatic carbocycles. The van der Waals surface area contributed by atoms with Crippen molar-refractivity contribution in [2.75, 3.05) is 6.54 Å². The van der Waals surface area contributed by atoms with Gasteiger partial charge in [-0.2, -0.15) is 0 Å². The number of furan rings is 1. The van der Waals surface area contributed by atoms with E-state index >= 15 is 0 Å². The van der Waals surface area contributed by atoms with Gasteiger partial charge in [-0.1, -0.05) is 23.4 Å². The van der Waals surface area contributed by atoms with Crippen LogP contribution in [0.4, 0.5) is 0 Å². The van der Waals surface area contributed by atoms with Gasteiger partial charge in [-0.3, -0.25) is 19.3 Å². The summed E-state index contributed by atoms with van der Waals surface area (Å²) in [6.45, 7) is -0.148. The summed E-state index contributed by atoms with van der Waals surface area (Å²) in [6.07, 6.45) is 0.326. The molecule has 0 spiro atoms. The maximum Gasteiger partial charge on any atom is 0.240 e. The molecular weight excluding hydrogens is 338 g/mol. The van der Waals surface area contributed by atoms with E-state index in [1.165, 1.54) is 0 Å². The molecule has 26 heavy (non-hydrogen) atoms. The molecule has 1 N–H and O–H groups in total. The van der Waals surface area contributed by atoms with E-state index < -0.39 is 5.91 Å². The highest BCUT2D eigenvalue weighted by Gasteiger charge is 2.30. The topological polar surface area (TPSA) is 106 Å². The van der Waals surface area contributed by atoms with Gasteiger partial charge in [0.15, 0.2) is 5.76 Å². The van der Waals surface area contributed by atoms with Crippen molar-refractivity contribution >= 4 is 28.7 Å². The molecule has 4 rings (SSSR count). The van der Waals surface area contributed by atoms with Crippen molar-refractivity contribution in [1.29, 1.82) is 0 Å². The van der Waals surface area contributed by atoms with Crippen LogP contribution >= 0.6 is 0 Å². The third-order valence-corrected chi connectivity index (χ3v) is 4.15. The van der Waals surface area contributed by atoms with Gasteiger partial charge >= 0.3 is 0 Å². The van der Waals surface area contributed by atoms with E-state index in [9.17, 15) is 14.4 Å². The number of fused-ring (bicyclic) bond motifs is 1. The molecule has 1 fully saturated rings. The van der Waals surface area contributed by atoms with Gasteiger partial charge in [-0.25, -0.2) is 0 Å². The van der Waals surface area contributed by atoms with Crippen molar-refractivity contribution in [3.8, 4) is 11.5 Å². The summed E-state index contributed by atoms with van der Waals surface area (Å²) in [4.78, 5) is 35.9. The van der Waals surface area contributed by atoms with E-state index in [2.05, 4.69) is 10.5 Å². The minimum absolute atomic E-state index is 0.124. The Labute approximate surface area is 147 Å². The quantitative estimate of drug-likeness (QED) is 0.702. The first-order valence-corrected chi connectivity index (χ1v) is 8.14. The smallest absolute Gasteiger partial charge is 0.240 e. The standard InChI is InChI=1S/C18H15N3O5/c22-16(10-21-17(23)5-6-18(21)24)19-9-12-8-15(26-20-12)14-7-11-3-1-2-4-13(11)25-14/h1-4,7-8H,5-6,9-10H2,(H,19,22). The van der Waals surface area contributed by atoms with Crippen LogP contribution in [-0.4, -0.2) is 34.3 Å². The minimum Gasteiger partial charge on any atom is -0.453 e. The molecule has 132 valence electrons. The van der Waals surface area contributed by atoms with Crippen molar-refractivity contribution in [2.45, 2.75) is 19.4 Å². The van der Waals surface area contributed by atoms with Crippen molar-refractivity contribution in [3.63, 3.8) is 0 Å². The van der Waals surface area contributed by atoms with Crippen molar-refractivity contribution in [2.24, 2.45) is 0 Å². The Morgan fingerprint density at radius 1 is 1.12 bits per heavy atom. The molecule has 1 aliphatic rings. The number of nitrogens with one attached hydrogen (secondary N) is 1. The second-order valence-corrected chi connectivity index (χ2v) is 5.98. The Balaban J connectivity index is 1.38. The Bertz CT molecular complexity index is 954. The molecule has 8 nitrogen and oxygen atoms in total. The zero-order valence-electron chi connectivity index (χ0n) is 13.7.